The molecule has 1 aliphatic heterocycles. The Morgan fingerprint density at radius 1 is 1.05 bits per heavy atom. The largest absolute Gasteiger partial charge is 0.469 e. The number of nitrogens with zero attached hydrogens (tertiary/aromatic N) is 1. The SMILES string of the molecule is COC(=O)C[C@H]1c2ccccc2N(C(=O)OC)[C@@H]1C(=O)OC. The van der Waals surface area contributed by atoms with Crippen LogP contribution in [0.2, 0.25) is 0 Å². The molecule has 0 unspecified atom stereocenters. The monoisotopic (exact) mass is 307 g/mol. The number of amides is 1. The lowest BCUT2D eigenvalue weighted by molar-refractivity contribution is -0.144. The number of hydrogen-bond acceptors (Lipinski definition) is 6. The van der Waals surface area contributed by atoms with Crippen molar-refractivity contribution in [3.63, 3.8) is 0 Å². The van der Waals surface area contributed by atoms with Gasteiger partial charge in [-0.3, -0.25) is 9.69 Å². The van der Waals surface area contributed by atoms with Crippen LogP contribution in [0.15, 0.2) is 24.3 Å². The van der Waals surface area contributed by atoms with Crippen LogP contribution >= 0.6 is 0 Å². The van der Waals surface area contributed by atoms with Crippen LogP contribution in [0, 0.1) is 0 Å². The summed E-state index contributed by atoms with van der Waals surface area (Å²) in [5.74, 6) is -1.63. The number of ether oxygens (including phenoxy) is 3. The summed E-state index contributed by atoms with van der Waals surface area (Å²) >= 11 is 0. The predicted molar refractivity (Wildman–Crippen MR) is 76.5 cm³/mol. The van der Waals surface area contributed by atoms with E-state index in [1.165, 1.54) is 26.2 Å². The Kier molecular flexibility index (Phi) is 4.65. The standard InChI is InChI=1S/C15H17NO6/c1-20-12(17)8-10-9-6-4-5-7-11(9)16(15(19)22-3)13(10)14(18)21-2/h4-7,10,13H,8H2,1-3H3/t10-,13-/m0/s1. The first-order valence-corrected chi connectivity index (χ1v) is 6.65. The molecular formula is C15H17NO6. The Morgan fingerprint density at radius 3 is 2.32 bits per heavy atom. The summed E-state index contributed by atoms with van der Waals surface area (Å²) in [4.78, 5) is 37.1. The van der Waals surface area contributed by atoms with E-state index in [9.17, 15) is 14.4 Å². The molecule has 0 aliphatic carbocycles. The third kappa shape index (κ3) is 2.61. The van der Waals surface area contributed by atoms with Gasteiger partial charge >= 0.3 is 18.0 Å². The lowest BCUT2D eigenvalue weighted by Gasteiger charge is -2.24. The minimum absolute atomic E-state index is 0.0409. The van der Waals surface area contributed by atoms with Crippen LogP contribution in [0.5, 0.6) is 0 Å². The first-order valence-electron chi connectivity index (χ1n) is 6.65. The highest BCUT2D eigenvalue weighted by Gasteiger charge is 2.47. The summed E-state index contributed by atoms with van der Waals surface area (Å²) in [5.41, 5.74) is 1.23. The Balaban J connectivity index is 2.51. The van der Waals surface area contributed by atoms with Crippen LogP contribution in [0.3, 0.4) is 0 Å². The van der Waals surface area contributed by atoms with Crippen molar-refractivity contribution in [2.75, 3.05) is 26.2 Å². The molecule has 0 radical (unpaired) electrons. The van der Waals surface area contributed by atoms with E-state index in [0.29, 0.717) is 11.3 Å². The highest BCUT2D eigenvalue weighted by Crippen LogP contribution is 2.43. The molecule has 1 amide bonds. The molecular weight excluding hydrogens is 290 g/mol. The molecule has 0 saturated carbocycles. The lowest BCUT2D eigenvalue weighted by atomic mass is 9.91. The van der Waals surface area contributed by atoms with Gasteiger partial charge in [-0.1, -0.05) is 18.2 Å². The maximum atomic E-state index is 12.2. The molecule has 0 aromatic heterocycles. The Labute approximate surface area is 127 Å². The second-order valence-corrected chi connectivity index (χ2v) is 4.75. The van der Waals surface area contributed by atoms with E-state index in [4.69, 9.17) is 9.47 Å². The van der Waals surface area contributed by atoms with Crippen molar-refractivity contribution in [2.45, 2.75) is 18.4 Å². The van der Waals surface area contributed by atoms with E-state index in [0.717, 1.165) is 0 Å². The Hall–Kier alpha value is -2.57. The van der Waals surface area contributed by atoms with E-state index < -0.39 is 30.0 Å². The zero-order valence-electron chi connectivity index (χ0n) is 12.6. The van der Waals surface area contributed by atoms with Crippen LogP contribution in [0.25, 0.3) is 0 Å². The quantitative estimate of drug-likeness (QED) is 0.621. The molecule has 1 aliphatic rings. The van der Waals surface area contributed by atoms with Gasteiger partial charge in [0.2, 0.25) is 0 Å². The average molecular weight is 307 g/mol. The number of methoxy groups -OCH3 is 3. The highest BCUT2D eigenvalue weighted by molar-refractivity contribution is 6.00. The van der Waals surface area contributed by atoms with Crippen LogP contribution < -0.4 is 4.90 Å². The van der Waals surface area contributed by atoms with Gasteiger partial charge in [-0.2, -0.15) is 0 Å². The fourth-order valence-corrected chi connectivity index (χ4v) is 2.71. The van der Waals surface area contributed by atoms with Crippen molar-refractivity contribution in [3.05, 3.63) is 29.8 Å². The molecule has 2 atom stereocenters. The molecule has 2 rings (SSSR count). The first-order chi connectivity index (χ1) is 10.5. The number of benzene rings is 1. The average Bonchev–Trinajstić information content (AvgIpc) is 2.87. The van der Waals surface area contributed by atoms with E-state index >= 15 is 0 Å². The van der Waals surface area contributed by atoms with Gasteiger partial charge in [0.25, 0.3) is 0 Å². The van der Waals surface area contributed by atoms with E-state index in [1.54, 1.807) is 24.3 Å². The lowest BCUT2D eigenvalue weighted by Crippen LogP contribution is -2.45. The summed E-state index contributed by atoms with van der Waals surface area (Å²) in [6.07, 6.45) is -0.726. The minimum Gasteiger partial charge on any atom is -0.469 e. The smallest absolute Gasteiger partial charge is 0.414 e. The predicted octanol–water partition coefficient (Wildman–Crippen LogP) is 1.46. The van der Waals surface area contributed by atoms with E-state index in [1.807, 2.05) is 0 Å². The molecule has 0 spiro atoms. The molecule has 1 aromatic rings. The third-order valence-corrected chi connectivity index (χ3v) is 3.68. The first kappa shape index (κ1) is 15.8. The number of fused-ring (bicyclic) bond motifs is 1. The molecule has 0 fully saturated rings. The number of carbonyl (C=O) groups is 3. The molecule has 7 heteroatoms. The summed E-state index contributed by atoms with van der Waals surface area (Å²) < 4.78 is 14.2. The van der Waals surface area contributed by atoms with Gasteiger partial charge < -0.3 is 14.2 Å². The van der Waals surface area contributed by atoms with Gasteiger partial charge in [0.15, 0.2) is 0 Å². The molecule has 22 heavy (non-hydrogen) atoms. The summed E-state index contributed by atoms with van der Waals surface area (Å²) in [6, 6.07) is 6.01. The second-order valence-electron chi connectivity index (χ2n) is 4.75. The molecule has 1 heterocycles. The maximum Gasteiger partial charge on any atom is 0.414 e. The van der Waals surface area contributed by atoms with Crippen molar-refractivity contribution in [1.29, 1.82) is 0 Å². The summed E-state index contributed by atoms with van der Waals surface area (Å²) in [7, 11) is 3.73. The topological polar surface area (TPSA) is 82.1 Å². The minimum atomic E-state index is -0.964. The molecule has 1 aromatic carbocycles. The molecule has 0 N–H and O–H groups in total. The fraction of sp³-hybridized carbons (Fsp3) is 0.400. The molecule has 118 valence electrons. The highest BCUT2D eigenvalue weighted by atomic mass is 16.5. The maximum absolute atomic E-state index is 12.2. The van der Waals surface area contributed by atoms with Gasteiger partial charge in [0.05, 0.1) is 33.4 Å². The van der Waals surface area contributed by atoms with Crippen LogP contribution in [0.4, 0.5) is 10.5 Å². The van der Waals surface area contributed by atoms with E-state index in [2.05, 4.69) is 4.74 Å². The molecule has 7 nitrogen and oxygen atoms in total. The van der Waals surface area contributed by atoms with Gasteiger partial charge in [0.1, 0.15) is 6.04 Å². The second kappa shape index (κ2) is 6.46. The fourth-order valence-electron chi connectivity index (χ4n) is 2.71. The van der Waals surface area contributed by atoms with Crippen molar-refractivity contribution < 1.29 is 28.6 Å². The van der Waals surface area contributed by atoms with E-state index in [-0.39, 0.29) is 6.42 Å². The van der Waals surface area contributed by atoms with Gasteiger partial charge in [-0.05, 0) is 11.6 Å². The number of anilines is 1. The Morgan fingerprint density at radius 2 is 1.73 bits per heavy atom. The number of hydrogen-bond donors (Lipinski definition) is 0. The zero-order chi connectivity index (χ0) is 16.3. The van der Waals surface area contributed by atoms with Gasteiger partial charge in [-0.15, -0.1) is 0 Å². The summed E-state index contributed by atoms with van der Waals surface area (Å²) in [6.45, 7) is 0. The summed E-state index contributed by atoms with van der Waals surface area (Å²) in [5, 5.41) is 0. The van der Waals surface area contributed by atoms with Crippen LogP contribution in [-0.4, -0.2) is 45.4 Å². The number of esters is 2. The Bertz CT molecular complexity index is 599. The number of para-hydroxylation sites is 1. The normalized spacial score (nSPS) is 19.3. The van der Waals surface area contributed by atoms with Crippen molar-refractivity contribution in [2.24, 2.45) is 0 Å². The zero-order valence-corrected chi connectivity index (χ0v) is 12.6. The number of carbonyl (C=O) groups excluding carboxylic acids is 3. The van der Waals surface area contributed by atoms with Crippen molar-refractivity contribution >= 4 is 23.7 Å². The van der Waals surface area contributed by atoms with Gasteiger partial charge in [0, 0.05) is 5.92 Å². The van der Waals surface area contributed by atoms with Crippen LogP contribution in [0.1, 0.15) is 17.9 Å². The van der Waals surface area contributed by atoms with Crippen molar-refractivity contribution in [1.82, 2.24) is 0 Å². The van der Waals surface area contributed by atoms with Crippen molar-refractivity contribution in [3.8, 4) is 0 Å². The molecule has 0 saturated heterocycles. The van der Waals surface area contributed by atoms with Gasteiger partial charge in [-0.25, -0.2) is 9.59 Å². The van der Waals surface area contributed by atoms with Crippen LogP contribution in [-0.2, 0) is 23.8 Å². The number of rotatable bonds is 3. The molecule has 0 bridgehead atoms. The third-order valence-electron chi connectivity index (χ3n) is 3.68.